The van der Waals surface area contributed by atoms with E-state index >= 15 is 0 Å². The molecule has 1 saturated carbocycles. The van der Waals surface area contributed by atoms with Crippen molar-refractivity contribution in [3.05, 3.63) is 18.5 Å². The highest BCUT2D eigenvalue weighted by molar-refractivity contribution is 7.89. The SMILES string of the molecule is CNc1ccncc1S(=O)(=O)NC1(C)CC1. The van der Waals surface area contributed by atoms with Gasteiger partial charge in [-0.25, -0.2) is 13.1 Å². The molecule has 6 heteroatoms. The molecule has 2 N–H and O–H groups in total. The smallest absolute Gasteiger partial charge is 0.244 e. The summed E-state index contributed by atoms with van der Waals surface area (Å²) in [5.74, 6) is 0. The lowest BCUT2D eigenvalue weighted by Crippen LogP contribution is -2.34. The lowest BCUT2D eigenvalue weighted by molar-refractivity contribution is 0.558. The molecule has 1 aliphatic carbocycles. The van der Waals surface area contributed by atoms with Crippen molar-refractivity contribution in [2.45, 2.75) is 30.2 Å². The number of hydrogen-bond acceptors (Lipinski definition) is 4. The molecule has 1 aliphatic rings. The third-order valence-corrected chi connectivity index (χ3v) is 4.39. The third-order valence-electron chi connectivity index (χ3n) is 2.72. The highest BCUT2D eigenvalue weighted by Crippen LogP contribution is 2.36. The molecule has 1 heterocycles. The monoisotopic (exact) mass is 241 g/mol. The minimum absolute atomic E-state index is 0.200. The first-order valence-corrected chi connectivity index (χ1v) is 6.61. The van der Waals surface area contributed by atoms with E-state index in [1.807, 2.05) is 6.92 Å². The Morgan fingerprint density at radius 2 is 2.12 bits per heavy atom. The van der Waals surface area contributed by atoms with E-state index < -0.39 is 10.0 Å². The summed E-state index contributed by atoms with van der Waals surface area (Å²) in [4.78, 5) is 4.05. The van der Waals surface area contributed by atoms with Gasteiger partial charge in [-0.1, -0.05) is 0 Å². The van der Waals surface area contributed by atoms with Crippen LogP contribution in [0.1, 0.15) is 19.8 Å². The molecule has 0 saturated heterocycles. The van der Waals surface area contributed by atoms with Crippen LogP contribution in [0.25, 0.3) is 0 Å². The summed E-state index contributed by atoms with van der Waals surface area (Å²) in [6.07, 6.45) is 4.70. The molecule has 1 aromatic rings. The summed E-state index contributed by atoms with van der Waals surface area (Å²) in [6, 6.07) is 1.64. The Morgan fingerprint density at radius 3 is 2.69 bits per heavy atom. The highest BCUT2D eigenvalue weighted by Gasteiger charge is 2.41. The first-order valence-electron chi connectivity index (χ1n) is 5.13. The van der Waals surface area contributed by atoms with Crippen molar-refractivity contribution in [1.29, 1.82) is 0 Å². The third kappa shape index (κ3) is 2.17. The Kier molecular flexibility index (Phi) is 2.63. The number of sulfonamides is 1. The van der Waals surface area contributed by atoms with E-state index in [0.717, 1.165) is 12.8 Å². The zero-order valence-electron chi connectivity index (χ0n) is 9.32. The van der Waals surface area contributed by atoms with Crippen LogP contribution in [0.2, 0.25) is 0 Å². The molecule has 88 valence electrons. The number of anilines is 1. The Morgan fingerprint density at radius 1 is 1.44 bits per heavy atom. The molecule has 5 nitrogen and oxygen atoms in total. The summed E-state index contributed by atoms with van der Waals surface area (Å²) in [7, 11) is -1.79. The lowest BCUT2D eigenvalue weighted by Gasteiger charge is -2.14. The van der Waals surface area contributed by atoms with Crippen LogP contribution in [-0.2, 0) is 10.0 Å². The summed E-state index contributed by atoms with van der Waals surface area (Å²) < 4.78 is 26.8. The van der Waals surface area contributed by atoms with Gasteiger partial charge in [-0.2, -0.15) is 0 Å². The van der Waals surface area contributed by atoms with Gasteiger partial charge in [0.15, 0.2) is 0 Å². The first-order chi connectivity index (χ1) is 7.47. The van der Waals surface area contributed by atoms with Crippen molar-refractivity contribution in [2.24, 2.45) is 0 Å². The number of rotatable bonds is 4. The highest BCUT2D eigenvalue weighted by atomic mass is 32.2. The molecule has 0 amide bonds. The maximum absolute atomic E-state index is 12.1. The van der Waals surface area contributed by atoms with Gasteiger partial charge in [-0.3, -0.25) is 4.98 Å². The van der Waals surface area contributed by atoms with Crippen LogP contribution >= 0.6 is 0 Å². The van der Waals surface area contributed by atoms with Crippen LogP contribution < -0.4 is 10.0 Å². The van der Waals surface area contributed by atoms with E-state index in [4.69, 9.17) is 0 Å². The second-order valence-corrected chi connectivity index (χ2v) is 5.94. The van der Waals surface area contributed by atoms with Crippen molar-refractivity contribution in [1.82, 2.24) is 9.71 Å². The molecule has 0 aliphatic heterocycles. The van der Waals surface area contributed by atoms with Crippen LogP contribution in [0.5, 0.6) is 0 Å². The zero-order valence-corrected chi connectivity index (χ0v) is 10.1. The molecule has 0 bridgehead atoms. The van der Waals surface area contributed by atoms with Gasteiger partial charge in [0.1, 0.15) is 4.90 Å². The first kappa shape index (κ1) is 11.3. The van der Waals surface area contributed by atoms with Crippen LogP contribution in [0.3, 0.4) is 0 Å². The van der Waals surface area contributed by atoms with E-state index in [9.17, 15) is 8.42 Å². The summed E-state index contributed by atoms with van der Waals surface area (Å²) >= 11 is 0. The molecular formula is C10H15N3O2S. The average Bonchev–Trinajstić information content (AvgIpc) is 2.95. The molecule has 2 rings (SSSR count). The Labute approximate surface area is 95.3 Å². The summed E-state index contributed by atoms with van der Waals surface area (Å²) in [5.41, 5.74) is 0.298. The largest absolute Gasteiger partial charge is 0.387 e. The van der Waals surface area contributed by atoms with E-state index in [1.54, 1.807) is 19.3 Å². The second kappa shape index (κ2) is 3.71. The van der Waals surface area contributed by atoms with Crippen LogP contribution in [0.15, 0.2) is 23.4 Å². The number of aromatic nitrogens is 1. The van der Waals surface area contributed by atoms with Gasteiger partial charge in [-0.15, -0.1) is 0 Å². The average molecular weight is 241 g/mol. The molecule has 1 fully saturated rings. The maximum Gasteiger partial charge on any atom is 0.244 e. The van der Waals surface area contributed by atoms with E-state index in [2.05, 4.69) is 15.0 Å². The molecule has 16 heavy (non-hydrogen) atoms. The van der Waals surface area contributed by atoms with E-state index in [1.165, 1.54) is 6.20 Å². The van der Waals surface area contributed by atoms with Crippen molar-refractivity contribution in [3.63, 3.8) is 0 Å². The topological polar surface area (TPSA) is 71.1 Å². The molecular weight excluding hydrogens is 226 g/mol. The van der Waals surface area contributed by atoms with Crippen molar-refractivity contribution >= 4 is 15.7 Å². The second-order valence-electron chi connectivity index (χ2n) is 4.29. The molecule has 0 unspecified atom stereocenters. The number of pyridine rings is 1. The van der Waals surface area contributed by atoms with E-state index in [0.29, 0.717) is 5.69 Å². The van der Waals surface area contributed by atoms with Crippen molar-refractivity contribution in [3.8, 4) is 0 Å². The quantitative estimate of drug-likeness (QED) is 0.823. The van der Waals surface area contributed by atoms with Crippen molar-refractivity contribution in [2.75, 3.05) is 12.4 Å². The Hall–Kier alpha value is -1.14. The summed E-state index contributed by atoms with van der Waals surface area (Å²) in [6.45, 7) is 1.90. The van der Waals surface area contributed by atoms with Gasteiger partial charge in [0, 0.05) is 25.0 Å². The van der Waals surface area contributed by atoms with Crippen LogP contribution in [-0.4, -0.2) is 26.0 Å². The van der Waals surface area contributed by atoms with E-state index in [-0.39, 0.29) is 10.4 Å². The van der Waals surface area contributed by atoms with Crippen LogP contribution in [0.4, 0.5) is 5.69 Å². The molecule has 0 aromatic carbocycles. The van der Waals surface area contributed by atoms with Crippen LogP contribution in [0, 0.1) is 0 Å². The number of nitrogens with zero attached hydrogens (tertiary/aromatic N) is 1. The zero-order chi connectivity index (χ0) is 11.8. The standard InChI is InChI=1S/C10H15N3O2S/c1-10(4-5-10)13-16(14,15)9-7-12-6-3-8(9)11-2/h3,6-7,13H,4-5H2,1-2H3,(H,11,12). The fourth-order valence-electron chi connectivity index (χ4n) is 1.47. The number of nitrogens with one attached hydrogen (secondary N) is 2. The Balaban J connectivity index is 2.35. The molecule has 0 radical (unpaired) electrons. The molecule has 0 spiro atoms. The van der Waals surface area contributed by atoms with Gasteiger partial charge in [0.05, 0.1) is 5.69 Å². The Bertz CT molecular complexity index is 495. The maximum atomic E-state index is 12.1. The fraction of sp³-hybridized carbons (Fsp3) is 0.500. The van der Waals surface area contributed by atoms with Gasteiger partial charge >= 0.3 is 0 Å². The summed E-state index contributed by atoms with van der Waals surface area (Å²) in [5, 5.41) is 2.85. The minimum atomic E-state index is -3.47. The molecule has 1 aromatic heterocycles. The van der Waals surface area contributed by atoms with Gasteiger partial charge < -0.3 is 5.32 Å². The predicted octanol–water partition coefficient (Wildman–Crippen LogP) is 0.954. The molecule has 0 atom stereocenters. The van der Waals surface area contributed by atoms with Gasteiger partial charge in [0.2, 0.25) is 10.0 Å². The number of hydrogen-bond donors (Lipinski definition) is 2. The minimum Gasteiger partial charge on any atom is -0.387 e. The van der Waals surface area contributed by atoms with Gasteiger partial charge in [-0.05, 0) is 25.8 Å². The predicted molar refractivity (Wildman–Crippen MR) is 61.7 cm³/mol. The van der Waals surface area contributed by atoms with Gasteiger partial charge in [0.25, 0.3) is 0 Å². The normalized spacial score (nSPS) is 18.1. The van der Waals surface area contributed by atoms with Crippen molar-refractivity contribution < 1.29 is 8.42 Å². The lowest BCUT2D eigenvalue weighted by atomic mass is 10.4. The fourth-order valence-corrected chi connectivity index (χ4v) is 3.09.